The zero-order valence-electron chi connectivity index (χ0n) is 16.0. The van der Waals surface area contributed by atoms with Crippen LogP contribution in [-0.2, 0) is 6.54 Å². The number of amides is 1. The number of methoxy groups -OCH3 is 1. The zero-order valence-corrected chi connectivity index (χ0v) is 16.0. The first-order valence-electron chi connectivity index (χ1n) is 9.55. The van der Waals surface area contributed by atoms with Crippen molar-refractivity contribution in [2.45, 2.75) is 19.4 Å². The Bertz CT molecular complexity index is 926. The van der Waals surface area contributed by atoms with Gasteiger partial charge < -0.3 is 15.0 Å². The van der Waals surface area contributed by atoms with Crippen molar-refractivity contribution in [1.29, 1.82) is 0 Å². The Morgan fingerprint density at radius 2 is 1.68 bits per heavy atom. The number of anilines is 1. The fraction of sp³-hybridized carbons (Fsp3) is 0.273. The summed E-state index contributed by atoms with van der Waals surface area (Å²) in [6, 6.07) is 17.6. The second-order valence-corrected chi connectivity index (χ2v) is 6.89. The van der Waals surface area contributed by atoms with E-state index in [1.165, 1.54) is 18.5 Å². The molecule has 1 amide bonds. The molecule has 2 aromatic carbocycles. The maximum absolute atomic E-state index is 12.4. The Kier molecular flexibility index (Phi) is 5.28. The molecule has 1 fully saturated rings. The average Bonchev–Trinajstić information content (AvgIpc) is 3.45. The van der Waals surface area contributed by atoms with E-state index in [-0.39, 0.29) is 5.91 Å². The quantitative estimate of drug-likeness (QED) is 0.716. The predicted octanol–water partition coefficient (Wildman–Crippen LogP) is 3.41. The molecule has 2 heterocycles. The van der Waals surface area contributed by atoms with E-state index in [0.29, 0.717) is 12.2 Å². The molecule has 144 valence electrons. The number of carbonyl (C=O) groups is 1. The molecule has 6 nitrogen and oxygen atoms in total. The van der Waals surface area contributed by atoms with E-state index in [4.69, 9.17) is 4.74 Å². The second-order valence-electron chi connectivity index (χ2n) is 6.89. The third-order valence-electron chi connectivity index (χ3n) is 5.02. The van der Waals surface area contributed by atoms with Gasteiger partial charge in [-0.2, -0.15) is 5.10 Å². The molecule has 4 rings (SSSR count). The number of nitrogens with one attached hydrogen (secondary N) is 1. The standard InChI is InChI=1S/C22H24N4O2/c1-28-20-10-8-19(9-11-20)26-15-12-21(24-26)22(27)23-16-17-4-6-18(7-5-17)25-13-2-3-14-25/h4-12,15H,2-3,13-14,16H2,1H3,(H,23,27). The van der Waals surface area contributed by atoms with Crippen LogP contribution in [0.3, 0.4) is 0 Å². The lowest BCUT2D eigenvalue weighted by Crippen LogP contribution is -2.23. The summed E-state index contributed by atoms with van der Waals surface area (Å²) in [5.41, 5.74) is 3.60. The van der Waals surface area contributed by atoms with E-state index < -0.39 is 0 Å². The highest BCUT2D eigenvalue weighted by molar-refractivity contribution is 5.92. The van der Waals surface area contributed by atoms with Crippen molar-refractivity contribution in [2.24, 2.45) is 0 Å². The fourth-order valence-electron chi connectivity index (χ4n) is 3.40. The van der Waals surface area contributed by atoms with Gasteiger partial charge >= 0.3 is 0 Å². The number of carbonyl (C=O) groups excluding carboxylic acids is 1. The highest BCUT2D eigenvalue weighted by Crippen LogP contribution is 2.20. The lowest BCUT2D eigenvalue weighted by molar-refractivity contribution is 0.0945. The van der Waals surface area contributed by atoms with Gasteiger partial charge in [-0.05, 0) is 60.9 Å². The van der Waals surface area contributed by atoms with Crippen molar-refractivity contribution in [3.8, 4) is 11.4 Å². The summed E-state index contributed by atoms with van der Waals surface area (Å²) in [5, 5.41) is 7.31. The van der Waals surface area contributed by atoms with Crippen molar-refractivity contribution in [3.63, 3.8) is 0 Å². The van der Waals surface area contributed by atoms with Crippen molar-refractivity contribution < 1.29 is 9.53 Å². The minimum Gasteiger partial charge on any atom is -0.497 e. The van der Waals surface area contributed by atoms with Gasteiger partial charge in [0.25, 0.3) is 5.91 Å². The van der Waals surface area contributed by atoms with Crippen LogP contribution in [-0.4, -0.2) is 35.9 Å². The Morgan fingerprint density at radius 3 is 2.36 bits per heavy atom. The van der Waals surface area contributed by atoms with Crippen LogP contribution in [0, 0.1) is 0 Å². The molecule has 1 aliphatic heterocycles. The van der Waals surface area contributed by atoms with Crippen LogP contribution in [0.25, 0.3) is 5.69 Å². The molecule has 6 heteroatoms. The van der Waals surface area contributed by atoms with Gasteiger partial charge in [-0.1, -0.05) is 12.1 Å². The number of rotatable bonds is 6. The molecule has 0 saturated carbocycles. The number of ether oxygens (including phenoxy) is 1. The van der Waals surface area contributed by atoms with Gasteiger partial charge in [0.05, 0.1) is 12.8 Å². The monoisotopic (exact) mass is 376 g/mol. The van der Waals surface area contributed by atoms with Crippen LogP contribution in [0.1, 0.15) is 28.9 Å². The van der Waals surface area contributed by atoms with Crippen LogP contribution >= 0.6 is 0 Å². The molecular weight excluding hydrogens is 352 g/mol. The fourth-order valence-corrected chi connectivity index (χ4v) is 3.40. The van der Waals surface area contributed by atoms with Gasteiger partial charge in [0.1, 0.15) is 5.75 Å². The third-order valence-corrected chi connectivity index (χ3v) is 5.02. The molecule has 0 radical (unpaired) electrons. The first-order chi connectivity index (χ1) is 13.7. The van der Waals surface area contributed by atoms with Crippen LogP contribution < -0.4 is 15.0 Å². The largest absolute Gasteiger partial charge is 0.497 e. The Balaban J connectivity index is 1.35. The molecule has 3 aromatic rings. The number of hydrogen-bond acceptors (Lipinski definition) is 4. The molecule has 1 N–H and O–H groups in total. The van der Waals surface area contributed by atoms with E-state index in [9.17, 15) is 4.79 Å². The topological polar surface area (TPSA) is 59.4 Å². The van der Waals surface area contributed by atoms with Gasteiger partial charge in [-0.25, -0.2) is 4.68 Å². The van der Waals surface area contributed by atoms with Crippen LogP contribution in [0.5, 0.6) is 5.75 Å². The summed E-state index contributed by atoms with van der Waals surface area (Å²) >= 11 is 0. The maximum Gasteiger partial charge on any atom is 0.272 e. The van der Waals surface area contributed by atoms with E-state index in [0.717, 1.165) is 30.1 Å². The molecule has 1 aliphatic rings. The normalized spacial score (nSPS) is 13.5. The summed E-state index contributed by atoms with van der Waals surface area (Å²) < 4.78 is 6.84. The summed E-state index contributed by atoms with van der Waals surface area (Å²) in [7, 11) is 1.63. The highest BCUT2D eigenvalue weighted by Gasteiger charge is 2.13. The van der Waals surface area contributed by atoms with E-state index in [1.54, 1.807) is 24.1 Å². The zero-order chi connectivity index (χ0) is 19.3. The smallest absolute Gasteiger partial charge is 0.272 e. The van der Waals surface area contributed by atoms with Crippen LogP contribution in [0.2, 0.25) is 0 Å². The Labute approximate surface area is 164 Å². The number of benzene rings is 2. The van der Waals surface area contributed by atoms with E-state index >= 15 is 0 Å². The summed E-state index contributed by atoms with van der Waals surface area (Å²) in [5.74, 6) is 0.598. The van der Waals surface area contributed by atoms with Crippen molar-refractivity contribution >= 4 is 11.6 Å². The highest BCUT2D eigenvalue weighted by atomic mass is 16.5. The van der Waals surface area contributed by atoms with Gasteiger partial charge in [-0.3, -0.25) is 4.79 Å². The number of hydrogen-bond donors (Lipinski definition) is 1. The molecule has 0 spiro atoms. The SMILES string of the molecule is COc1ccc(-n2ccc(C(=O)NCc3ccc(N4CCCC4)cc3)n2)cc1. The number of aromatic nitrogens is 2. The first kappa shape index (κ1) is 18.1. The minimum absolute atomic E-state index is 0.184. The first-order valence-corrected chi connectivity index (χ1v) is 9.55. The maximum atomic E-state index is 12.4. The molecule has 0 aliphatic carbocycles. The minimum atomic E-state index is -0.184. The molecule has 28 heavy (non-hydrogen) atoms. The van der Waals surface area contributed by atoms with Crippen molar-refractivity contribution in [3.05, 3.63) is 72.1 Å². The average molecular weight is 376 g/mol. The Hall–Kier alpha value is -3.28. The molecule has 0 atom stereocenters. The predicted molar refractivity (Wildman–Crippen MR) is 109 cm³/mol. The molecular formula is C22H24N4O2. The lowest BCUT2D eigenvalue weighted by atomic mass is 10.2. The van der Waals surface area contributed by atoms with Crippen LogP contribution in [0.15, 0.2) is 60.8 Å². The van der Waals surface area contributed by atoms with Crippen LogP contribution in [0.4, 0.5) is 5.69 Å². The Morgan fingerprint density at radius 1 is 1.00 bits per heavy atom. The van der Waals surface area contributed by atoms with Crippen molar-refractivity contribution in [2.75, 3.05) is 25.1 Å². The third kappa shape index (κ3) is 4.01. The molecule has 1 saturated heterocycles. The van der Waals surface area contributed by atoms with E-state index in [2.05, 4.69) is 39.6 Å². The second kappa shape index (κ2) is 8.17. The van der Waals surface area contributed by atoms with E-state index in [1.807, 2.05) is 24.3 Å². The van der Waals surface area contributed by atoms with Gasteiger partial charge in [-0.15, -0.1) is 0 Å². The molecule has 1 aromatic heterocycles. The summed E-state index contributed by atoms with van der Waals surface area (Å²) in [4.78, 5) is 14.8. The van der Waals surface area contributed by atoms with Gasteiger partial charge in [0.2, 0.25) is 0 Å². The summed E-state index contributed by atoms with van der Waals surface area (Å²) in [6.07, 6.45) is 4.31. The lowest BCUT2D eigenvalue weighted by Gasteiger charge is -2.17. The molecule has 0 bridgehead atoms. The molecule has 0 unspecified atom stereocenters. The van der Waals surface area contributed by atoms with Crippen molar-refractivity contribution in [1.82, 2.24) is 15.1 Å². The summed E-state index contributed by atoms with van der Waals surface area (Å²) in [6.45, 7) is 2.74. The van der Waals surface area contributed by atoms with Gasteiger partial charge in [0.15, 0.2) is 5.69 Å². The van der Waals surface area contributed by atoms with Gasteiger partial charge in [0, 0.05) is 31.5 Å². The number of nitrogens with zero attached hydrogens (tertiary/aromatic N) is 3.